The van der Waals surface area contributed by atoms with Crippen LogP contribution in [-0.2, 0) is 13.6 Å². The van der Waals surface area contributed by atoms with Crippen molar-refractivity contribution in [2.75, 3.05) is 5.75 Å². The van der Waals surface area contributed by atoms with E-state index in [0.717, 1.165) is 17.5 Å². The largest absolute Gasteiger partial charge is 0.329 e. The minimum absolute atomic E-state index is 1.03. The molecule has 2 heterocycles. The van der Waals surface area contributed by atoms with Crippen LogP contribution < -0.4 is 0 Å². The predicted octanol–water partition coefficient (Wildman–Crippen LogP) is 2.58. The number of hydrogen-bond acceptors (Lipinski definition) is 3. The molecule has 0 fully saturated rings. The second kappa shape index (κ2) is 6.49. The Labute approximate surface area is 106 Å². The van der Waals surface area contributed by atoms with Gasteiger partial charge in [0.05, 0.1) is 0 Å². The number of hydrogen-bond donors (Lipinski definition) is 0. The summed E-state index contributed by atoms with van der Waals surface area (Å²) in [7, 11) is 2.03. The van der Waals surface area contributed by atoms with E-state index in [2.05, 4.69) is 14.6 Å². The molecule has 0 aliphatic heterocycles. The van der Waals surface area contributed by atoms with E-state index in [4.69, 9.17) is 0 Å². The first-order chi connectivity index (χ1) is 8.36. The lowest BCUT2D eigenvalue weighted by atomic mass is 10.2. The van der Waals surface area contributed by atoms with Gasteiger partial charge in [-0.3, -0.25) is 4.68 Å². The van der Waals surface area contributed by atoms with Gasteiger partial charge in [0.25, 0.3) is 0 Å². The van der Waals surface area contributed by atoms with Crippen molar-refractivity contribution in [3.63, 3.8) is 0 Å². The Hall–Kier alpha value is -1.23. The molecule has 2 aromatic rings. The summed E-state index contributed by atoms with van der Waals surface area (Å²) in [6, 6.07) is 1.97. The number of rotatable bonds is 7. The van der Waals surface area contributed by atoms with Crippen LogP contribution in [0.1, 0.15) is 19.3 Å². The number of aromatic nitrogens is 4. The summed E-state index contributed by atoms with van der Waals surface area (Å²) >= 11 is 1.83. The first-order valence-corrected chi connectivity index (χ1v) is 6.92. The fraction of sp³-hybridized carbons (Fsp3) is 0.500. The summed E-state index contributed by atoms with van der Waals surface area (Å²) in [6.07, 6.45) is 11.4. The lowest BCUT2D eigenvalue weighted by molar-refractivity contribution is 0.554. The molecule has 5 heteroatoms. The van der Waals surface area contributed by atoms with Gasteiger partial charge in [0.2, 0.25) is 0 Å². The van der Waals surface area contributed by atoms with E-state index >= 15 is 0 Å². The Bertz CT molecular complexity index is 421. The van der Waals surface area contributed by atoms with E-state index in [1.165, 1.54) is 19.3 Å². The second-order valence-electron chi connectivity index (χ2n) is 4.00. The average molecular weight is 250 g/mol. The molecular weight excluding hydrogens is 232 g/mol. The Kier molecular flexibility index (Phi) is 4.67. The molecule has 0 amide bonds. The number of aryl methyl sites for hydroxylation is 2. The summed E-state index contributed by atoms with van der Waals surface area (Å²) in [5, 5.41) is 5.29. The molecule has 0 N–H and O–H groups in total. The van der Waals surface area contributed by atoms with Gasteiger partial charge in [-0.1, -0.05) is 18.2 Å². The van der Waals surface area contributed by atoms with Gasteiger partial charge in [-0.2, -0.15) is 5.10 Å². The summed E-state index contributed by atoms with van der Waals surface area (Å²) in [5.74, 6) is 1.14. The number of unbranched alkanes of at least 4 members (excludes halogenated alkanes) is 2. The summed E-state index contributed by atoms with van der Waals surface area (Å²) in [4.78, 5) is 4.29. The molecule has 0 saturated carbocycles. The van der Waals surface area contributed by atoms with Crippen LogP contribution in [-0.4, -0.2) is 25.1 Å². The van der Waals surface area contributed by atoms with Crippen molar-refractivity contribution in [3.05, 3.63) is 30.9 Å². The van der Waals surface area contributed by atoms with Gasteiger partial charge in [0.1, 0.15) is 0 Å². The SMILES string of the molecule is Cn1ccnc1SCCCCCn1cccn1. The maximum absolute atomic E-state index is 4.29. The zero-order chi connectivity index (χ0) is 11.9. The van der Waals surface area contributed by atoms with Crippen LogP contribution in [0.15, 0.2) is 36.0 Å². The number of thioether (sulfide) groups is 1. The molecule has 2 aromatic heterocycles. The Balaban J connectivity index is 1.54. The van der Waals surface area contributed by atoms with Crippen LogP contribution in [0.25, 0.3) is 0 Å². The maximum atomic E-state index is 4.29. The molecule has 0 spiro atoms. The van der Waals surface area contributed by atoms with Crippen molar-refractivity contribution >= 4 is 11.8 Å². The van der Waals surface area contributed by atoms with Crippen LogP contribution in [0.3, 0.4) is 0 Å². The predicted molar refractivity (Wildman–Crippen MR) is 70.0 cm³/mol. The molecular formula is C12H18N4S. The van der Waals surface area contributed by atoms with Gasteiger partial charge >= 0.3 is 0 Å². The lowest BCUT2D eigenvalue weighted by Crippen LogP contribution is -1.98. The topological polar surface area (TPSA) is 35.6 Å². The van der Waals surface area contributed by atoms with Crippen molar-refractivity contribution in [3.8, 4) is 0 Å². The van der Waals surface area contributed by atoms with Gasteiger partial charge in [0, 0.05) is 44.1 Å². The Morgan fingerprint density at radius 2 is 2.12 bits per heavy atom. The zero-order valence-corrected chi connectivity index (χ0v) is 10.9. The van der Waals surface area contributed by atoms with Gasteiger partial charge in [-0.05, 0) is 18.9 Å². The second-order valence-corrected chi connectivity index (χ2v) is 5.06. The van der Waals surface area contributed by atoms with E-state index < -0.39 is 0 Å². The highest BCUT2D eigenvalue weighted by atomic mass is 32.2. The number of imidazole rings is 1. The van der Waals surface area contributed by atoms with Gasteiger partial charge in [-0.25, -0.2) is 4.98 Å². The highest BCUT2D eigenvalue weighted by Crippen LogP contribution is 2.16. The third-order valence-electron chi connectivity index (χ3n) is 2.60. The molecule has 0 aromatic carbocycles. The minimum Gasteiger partial charge on any atom is -0.329 e. The molecule has 0 aliphatic rings. The van der Waals surface area contributed by atoms with Crippen LogP contribution in [0.4, 0.5) is 0 Å². The molecule has 0 radical (unpaired) electrons. The standard InChI is InChI=1S/C12H18N4S/c1-15-10-7-13-12(15)17-11-4-2-3-8-16-9-5-6-14-16/h5-7,9-10H,2-4,8,11H2,1H3. The normalized spacial score (nSPS) is 10.9. The van der Waals surface area contributed by atoms with Crippen molar-refractivity contribution in [2.45, 2.75) is 31.0 Å². The maximum Gasteiger partial charge on any atom is 0.167 e. The van der Waals surface area contributed by atoms with E-state index in [0.29, 0.717) is 0 Å². The van der Waals surface area contributed by atoms with Crippen molar-refractivity contribution in [1.29, 1.82) is 0 Å². The Morgan fingerprint density at radius 3 is 2.82 bits per heavy atom. The third-order valence-corrected chi connectivity index (χ3v) is 3.74. The van der Waals surface area contributed by atoms with Crippen molar-refractivity contribution < 1.29 is 0 Å². The molecule has 17 heavy (non-hydrogen) atoms. The van der Waals surface area contributed by atoms with E-state index in [1.807, 2.05) is 54.3 Å². The average Bonchev–Trinajstić information content (AvgIpc) is 2.95. The van der Waals surface area contributed by atoms with E-state index in [9.17, 15) is 0 Å². The Morgan fingerprint density at radius 1 is 1.18 bits per heavy atom. The molecule has 92 valence electrons. The highest BCUT2D eigenvalue weighted by Gasteiger charge is 1.99. The molecule has 0 unspecified atom stereocenters. The zero-order valence-electron chi connectivity index (χ0n) is 10.1. The monoisotopic (exact) mass is 250 g/mol. The molecule has 0 bridgehead atoms. The fourth-order valence-electron chi connectivity index (χ4n) is 1.64. The quantitative estimate of drug-likeness (QED) is 0.559. The van der Waals surface area contributed by atoms with Crippen molar-refractivity contribution in [1.82, 2.24) is 19.3 Å². The van der Waals surface area contributed by atoms with Crippen LogP contribution in [0.2, 0.25) is 0 Å². The smallest absolute Gasteiger partial charge is 0.167 e. The molecule has 2 rings (SSSR count). The van der Waals surface area contributed by atoms with Gasteiger partial charge in [0.15, 0.2) is 5.16 Å². The molecule has 4 nitrogen and oxygen atoms in total. The number of nitrogens with zero attached hydrogens (tertiary/aromatic N) is 4. The van der Waals surface area contributed by atoms with E-state index in [-0.39, 0.29) is 0 Å². The minimum atomic E-state index is 1.03. The van der Waals surface area contributed by atoms with Crippen LogP contribution in [0.5, 0.6) is 0 Å². The fourth-order valence-corrected chi connectivity index (χ4v) is 2.57. The highest BCUT2D eigenvalue weighted by molar-refractivity contribution is 7.99. The first kappa shape index (κ1) is 12.2. The van der Waals surface area contributed by atoms with Crippen LogP contribution in [0, 0.1) is 0 Å². The van der Waals surface area contributed by atoms with Crippen LogP contribution >= 0.6 is 11.8 Å². The third kappa shape index (κ3) is 3.93. The van der Waals surface area contributed by atoms with Gasteiger partial charge in [-0.15, -0.1) is 0 Å². The molecule has 0 atom stereocenters. The molecule has 0 aliphatic carbocycles. The summed E-state index contributed by atoms with van der Waals surface area (Å²) < 4.78 is 4.06. The van der Waals surface area contributed by atoms with Crippen molar-refractivity contribution in [2.24, 2.45) is 7.05 Å². The first-order valence-electron chi connectivity index (χ1n) is 5.94. The van der Waals surface area contributed by atoms with Gasteiger partial charge < -0.3 is 4.57 Å². The summed E-state index contributed by atoms with van der Waals surface area (Å²) in [5.41, 5.74) is 0. The lowest BCUT2D eigenvalue weighted by Gasteiger charge is -2.02. The summed E-state index contributed by atoms with van der Waals surface area (Å²) in [6.45, 7) is 1.03. The molecule has 0 saturated heterocycles. The van der Waals surface area contributed by atoms with E-state index in [1.54, 1.807) is 0 Å².